The highest BCUT2D eigenvalue weighted by Crippen LogP contribution is 1.38. The molecule has 0 radical (unpaired) electrons. The van der Waals surface area contributed by atoms with Gasteiger partial charge in [0.05, 0.1) is 0 Å². The maximum atomic E-state index is 9.00. The summed E-state index contributed by atoms with van der Waals surface area (Å²) >= 11 is 0. The Morgan fingerprint density at radius 2 is 1.08 bits per heavy atom. The van der Waals surface area contributed by atoms with Gasteiger partial charge in [0.1, 0.15) is 0 Å². The topological polar surface area (TPSA) is 196 Å². The number of carbonyl (C=O) groups excluding carboxylic acids is 1. The van der Waals surface area contributed by atoms with Crippen LogP contribution in [0.5, 0.6) is 0 Å². The van der Waals surface area contributed by atoms with Crippen molar-refractivity contribution in [3.8, 4) is 0 Å². The second kappa shape index (κ2) is 11.5. The molecule has 0 heterocycles. The molecule has 0 atom stereocenters. The SMILES string of the molecule is NC(N)=O.O=[N+]([O-])O.O=[N+]([O-])O. The summed E-state index contributed by atoms with van der Waals surface area (Å²) in [5.74, 6) is 0. The first-order valence-corrected chi connectivity index (χ1v) is 1.91. The molecule has 0 saturated carbocycles. The Labute approximate surface area is 64.4 Å². The molecule has 0 fully saturated rings. The molecule has 0 aromatic rings. The van der Waals surface area contributed by atoms with Crippen LogP contribution >= 0.6 is 0 Å². The van der Waals surface area contributed by atoms with Crippen molar-refractivity contribution in [2.24, 2.45) is 11.5 Å². The van der Waals surface area contributed by atoms with Crippen LogP contribution in [0.25, 0.3) is 0 Å². The monoisotopic (exact) mass is 186 g/mol. The number of hydrogen-bond donors (Lipinski definition) is 4. The molecular weight excluding hydrogens is 180 g/mol. The summed E-state index contributed by atoms with van der Waals surface area (Å²) in [4.78, 5) is 25.7. The fourth-order valence-corrected chi connectivity index (χ4v) is 0. The zero-order valence-electron chi connectivity index (χ0n) is 5.48. The van der Waals surface area contributed by atoms with Gasteiger partial charge < -0.3 is 21.9 Å². The van der Waals surface area contributed by atoms with Crippen molar-refractivity contribution < 1.29 is 25.4 Å². The standard InChI is InChI=1S/CH4N2O.2HNO3/c3*2-1(3)4/h(H4,2,3,4);2*(H,2,3,4). The Bertz CT molecular complexity index is 113. The fraction of sp³-hybridized carbons (Fsp3) is 0. The van der Waals surface area contributed by atoms with Gasteiger partial charge in [-0.05, 0) is 0 Å². The summed E-state index contributed by atoms with van der Waals surface area (Å²) in [6, 6.07) is -0.833. The third-order valence-corrected chi connectivity index (χ3v) is 0. The quantitative estimate of drug-likeness (QED) is 0.256. The van der Waals surface area contributed by atoms with Crippen molar-refractivity contribution >= 4 is 6.03 Å². The van der Waals surface area contributed by atoms with Gasteiger partial charge in [-0.1, -0.05) is 0 Å². The molecule has 0 saturated heterocycles. The first-order chi connectivity index (χ1) is 5.20. The number of amides is 2. The summed E-state index contributed by atoms with van der Waals surface area (Å²) in [6.45, 7) is 0. The van der Waals surface area contributed by atoms with E-state index >= 15 is 0 Å². The third-order valence-electron chi connectivity index (χ3n) is 0. The van der Waals surface area contributed by atoms with Crippen molar-refractivity contribution in [1.29, 1.82) is 0 Å². The molecule has 0 aromatic heterocycles. The van der Waals surface area contributed by atoms with E-state index in [1.165, 1.54) is 0 Å². The van der Waals surface area contributed by atoms with E-state index in [0.717, 1.165) is 0 Å². The van der Waals surface area contributed by atoms with Crippen LogP contribution in [0.15, 0.2) is 0 Å². The highest BCUT2D eigenvalue weighted by Gasteiger charge is 1.65. The van der Waals surface area contributed by atoms with Crippen molar-refractivity contribution in [3.05, 3.63) is 20.2 Å². The number of urea groups is 1. The Morgan fingerprint density at radius 3 is 1.08 bits per heavy atom. The molecule has 2 amide bonds. The largest absolute Gasteiger partial charge is 0.352 e. The third kappa shape index (κ3) is 62.9. The van der Waals surface area contributed by atoms with Crippen LogP contribution in [-0.2, 0) is 0 Å². The number of hydrogen-bond acceptors (Lipinski definition) is 5. The first-order valence-electron chi connectivity index (χ1n) is 1.91. The van der Waals surface area contributed by atoms with E-state index in [-0.39, 0.29) is 0 Å². The predicted molar refractivity (Wildman–Crippen MR) is 31.3 cm³/mol. The van der Waals surface area contributed by atoms with E-state index < -0.39 is 16.2 Å². The van der Waals surface area contributed by atoms with E-state index in [4.69, 9.17) is 35.4 Å². The van der Waals surface area contributed by atoms with Gasteiger partial charge in [0.25, 0.3) is 10.2 Å². The zero-order valence-corrected chi connectivity index (χ0v) is 5.48. The van der Waals surface area contributed by atoms with Gasteiger partial charge in [0, 0.05) is 0 Å². The normalized spacial score (nSPS) is 6.00. The number of rotatable bonds is 0. The molecule has 12 heavy (non-hydrogen) atoms. The summed E-state index contributed by atoms with van der Waals surface area (Å²) in [7, 11) is 0. The van der Waals surface area contributed by atoms with E-state index in [0.29, 0.717) is 0 Å². The fourth-order valence-electron chi connectivity index (χ4n) is 0. The van der Waals surface area contributed by atoms with Gasteiger partial charge in [0.2, 0.25) is 0 Å². The molecule has 0 aliphatic carbocycles. The molecular formula is CH6N4O7. The Hall–Kier alpha value is -2.33. The minimum atomic E-state index is -1.50. The molecule has 11 nitrogen and oxygen atoms in total. The van der Waals surface area contributed by atoms with Gasteiger partial charge in [-0.25, -0.2) is 4.79 Å². The van der Waals surface area contributed by atoms with Crippen molar-refractivity contribution in [3.63, 3.8) is 0 Å². The zero-order chi connectivity index (χ0) is 10.7. The summed E-state index contributed by atoms with van der Waals surface area (Å²) in [6.07, 6.45) is 0. The van der Waals surface area contributed by atoms with Crippen LogP contribution in [0.1, 0.15) is 0 Å². The van der Waals surface area contributed by atoms with Crippen LogP contribution in [0, 0.1) is 20.2 Å². The minimum absolute atomic E-state index is 0.833. The number of primary amides is 2. The molecule has 6 N–H and O–H groups in total. The van der Waals surface area contributed by atoms with E-state index in [1.54, 1.807) is 0 Å². The van der Waals surface area contributed by atoms with Gasteiger partial charge >= 0.3 is 6.03 Å². The van der Waals surface area contributed by atoms with Gasteiger partial charge in [0.15, 0.2) is 0 Å². The average Bonchev–Trinajstić information content (AvgIpc) is 1.54. The van der Waals surface area contributed by atoms with E-state index in [9.17, 15) is 0 Å². The Kier molecular flexibility index (Phi) is 15.6. The highest BCUT2D eigenvalue weighted by molar-refractivity contribution is 5.69. The van der Waals surface area contributed by atoms with Crippen molar-refractivity contribution in [1.82, 2.24) is 0 Å². The Balaban J connectivity index is -0.000000101. The highest BCUT2D eigenvalue weighted by atomic mass is 16.9. The van der Waals surface area contributed by atoms with Crippen molar-refractivity contribution in [2.45, 2.75) is 0 Å². The lowest BCUT2D eigenvalue weighted by Gasteiger charge is -1.62. The van der Waals surface area contributed by atoms with Crippen LogP contribution in [0.2, 0.25) is 0 Å². The molecule has 0 spiro atoms. The molecule has 0 aromatic carbocycles. The average molecular weight is 186 g/mol. The molecule has 0 aliphatic rings. The second-order valence-electron chi connectivity index (χ2n) is 0.878. The maximum Gasteiger partial charge on any atom is 0.309 e. The molecule has 72 valence electrons. The lowest BCUT2D eigenvalue weighted by atomic mass is 11.2. The van der Waals surface area contributed by atoms with Gasteiger partial charge in [-0.2, -0.15) is 0 Å². The lowest BCUT2D eigenvalue weighted by Crippen LogP contribution is -2.18. The predicted octanol–water partition coefficient (Wildman–Crippen LogP) is -1.67. The summed E-state index contributed by atoms with van der Waals surface area (Å²) in [5.41, 5.74) is 8.50. The maximum absolute atomic E-state index is 9.00. The smallest absolute Gasteiger partial charge is 0.309 e. The van der Waals surface area contributed by atoms with Gasteiger partial charge in [-0.3, -0.25) is 0 Å². The number of carbonyl (C=O) groups is 1. The molecule has 0 rings (SSSR count). The van der Waals surface area contributed by atoms with Crippen molar-refractivity contribution in [2.75, 3.05) is 0 Å². The van der Waals surface area contributed by atoms with Crippen LogP contribution in [-0.4, -0.2) is 26.6 Å². The molecule has 11 heteroatoms. The minimum Gasteiger partial charge on any atom is -0.352 e. The van der Waals surface area contributed by atoms with E-state index in [1.807, 2.05) is 0 Å². The first kappa shape index (κ1) is 16.3. The molecule has 0 aliphatic heterocycles. The Morgan fingerprint density at radius 1 is 1.08 bits per heavy atom. The lowest BCUT2D eigenvalue weighted by molar-refractivity contribution is -0.742. The molecule has 0 bridgehead atoms. The number of nitrogens with two attached hydrogens (primary N) is 2. The number of nitrogens with zero attached hydrogens (tertiary/aromatic N) is 2. The van der Waals surface area contributed by atoms with Crippen LogP contribution in [0.3, 0.4) is 0 Å². The second-order valence-corrected chi connectivity index (χ2v) is 0.878. The molecule has 0 unspecified atom stereocenters. The summed E-state index contributed by atoms with van der Waals surface area (Å²) in [5, 5.41) is 27.3. The van der Waals surface area contributed by atoms with Crippen LogP contribution < -0.4 is 11.5 Å². The van der Waals surface area contributed by atoms with E-state index in [2.05, 4.69) is 11.5 Å². The summed E-state index contributed by atoms with van der Waals surface area (Å²) < 4.78 is 0. The van der Waals surface area contributed by atoms with Gasteiger partial charge in [-0.15, -0.1) is 20.2 Å². The van der Waals surface area contributed by atoms with Crippen LogP contribution in [0.4, 0.5) is 4.79 Å².